The summed E-state index contributed by atoms with van der Waals surface area (Å²) in [6, 6.07) is 3.72. The molecule has 0 aromatic heterocycles. The van der Waals surface area contributed by atoms with Gasteiger partial charge in [0, 0.05) is 16.5 Å². The molecule has 1 atom stereocenters. The second kappa shape index (κ2) is 4.58. The summed E-state index contributed by atoms with van der Waals surface area (Å²) in [5, 5.41) is 15.0. The molecule has 1 unspecified atom stereocenters. The number of nitro benzene ring substituents is 1. The van der Waals surface area contributed by atoms with Gasteiger partial charge in [-0.15, -0.1) is 0 Å². The van der Waals surface area contributed by atoms with E-state index in [1.165, 1.54) is 24.3 Å². The number of rotatable bonds is 3. The maximum atomic E-state index is 11.2. The van der Waals surface area contributed by atoms with Crippen LogP contribution >= 0.6 is 11.6 Å². The maximum Gasteiger partial charge on any atom is 0.293 e. The molecule has 96 valence electrons. The molecule has 1 aliphatic rings. The van der Waals surface area contributed by atoms with Gasteiger partial charge in [-0.2, -0.15) is 0 Å². The molecule has 0 radical (unpaired) electrons. The van der Waals surface area contributed by atoms with E-state index >= 15 is 0 Å². The van der Waals surface area contributed by atoms with Crippen molar-refractivity contribution < 1.29 is 13.3 Å². The van der Waals surface area contributed by atoms with Crippen LogP contribution < -0.4 is 5.32 Å². The largest absolute Gasteiger partial charge is 0.372 e. The smallest absolute Gasteiger partial charge is 0.293 e. The van der Waals surface area contributed by atoms with Crippen LogP contribution in [-0.2, 0) is 9.84 Å². The van der Waals surface area contributed by atoms with Crippen LogP contribution in [0.25, 0.3) is 0 Å². The average molecular weight is 289 g/mol. The Hall–Kier alpha value is -1.60. The first-order valence-electron chi connectivity index (χ1n) is 4.99. The summed E-state index contributed by atoms with van der Waals surface area (Å²) in [6.07, 6.45) is 1.47. The second-order valence-corrected chi connectivity index (χ2v) is 6.20. The van der Waals surface area contributed by atoms with Crippen LogP contribution in [0.2, 0.25) is 5.02 Å². The minimum Gasteiger partial charge on any atom is -0.372 e. The fraction of sp³-hybridized carbons (Fsp3) is 0.200. The molecule has 0 fully saturated rings. The third-order valence-corrected chi connectivity index (χ3v) is 4.06. The molecule has 18 heavy (non-hydrogen) atoms. The van der Waals surface area contributed by atoms with E-state index in [0.717, 1.165) is 5.41 Å². The molecule has 6 nitrogen and oxygen atoms in total. The Bertz CT molecular complexity index is 627. The number of nitro groups is 1. The Kier molecular flexibility index (Phi) is 3.27. The van der Waals surface area contributed by atoms with E-state index in [1.807, 2.05) is 0 Å². The van der Waals surface area contributed by atoms with Crippen molar-refractivity contribution in [2.75, 3.05) is 11.1 Å². The maximum absolute atomic E-state index is 11.2. The van der Waals surface area contributed by atoms with Crippen molar-refractivity contribution in [2.24, 2.45) is 0 Å². The van der Waals surface area contributed by atoms with Gasteiger partial charge in [0.2, 0.25) is 0 Å². The molecule has 0 saturated carbocycles. The third kappa shape index (κ3) is 2.80. The summed E-state index contributed by atoms with van der Waals surface area (Å²) < 4.78 is 22.4. The molecule has 8 heteroatoms. The lowest BCUT2D eigenvalue weighted by atomic mass is 10.2. The molecule has 1 heterocycles. The van der Waals surface area contributed by atoms with Crippen LogP contribution in [0.5, 0.6) is 0 Å². The number of halogens is 1. The number of hydrogen-bond acceptors (Lipinski definition) is 5. The van der Waals surface area contributed by atoms with Gasteiger partial charge in [0.05, 0.1) is 16.7 Å². The van der Waals surface area contributed by atoms with E-state index in [-0.39, 0.29) is 22.2 Å². The lowest BCUT2D eigenvalue weighted by Gasteiger charge is -2.11. The van der Waals surface area contributed by atoms with Gasteiger partial charge in [-0.05, 0) is 12.1 Å². The summed E-state index contributed by atoms with van der Waals surface area (Å²) in [5.41, 5.74) is 0.0661. The Morgan fingerprint density at radius 1 is 1.44 bits per heavy atom. The summed E-state index contributed by atoms with van der Waals surface area (Å²) in [7, 11) is -3.20. The Labute approximate surface area is 108 Å². The van der Waals surface area contributed by atoms with Crippen LogP contribution in [0.3, 0.4) is 0 Å². The lowest BCUT2D eigenvalue weighted by molar-refractivity contribution is -0.384. The van der Waals surface area contributed by atoms with Gasteiger partial charge in [0.1, 0.15) is 5.69 Å². The van der Waals surface area contributed by atoms with Crippen molar-refractivity contribution in [3.05, 3.63) is 44.8 Å². The van der Waals surface area contributed by atoms with Crippen molar-refractivity contribution in [1.29, 1.82) is 0 Å². The zero-order chi connectivity index (χ0) is 13.3. The topological polar surface area (TPSA) is 89.3 Å². The van der Waals surface area contributed by atoms with Crippen molar-refractivity contribution in [3.8, 4) is 0 Å². The van der Waals surface area contributed by atoms with E-state index in [1.54, 1.807) is 0 Å². The van der Waals surface area contributed by atoms with Crippen LogP contribution in [0.4, 0.5) is 11.4 Å². The monoisotopic (exact) mass is 288 g/mol. The SMILES string of the molecule is O=[N+]([O-])c1cc(Cl)ccc1NC1C=CS(=O)(=O)C1. The van der Waals surface area contributed by atoms with E-state index in [9.17, 15) is 18.5 Å². The normalized spacial score (nSPS) is 20.8. The molecule has 0 aliphatic carbocycles. The highest BCUT2D eigenvalue weighted by molar-refractivity contribution is 7.94. The molecule has 1 N–H and O–H groups in total. The minimum absolute atomic E-state index is 0.104. The van der Waals surface area contributed by atoms with Gasteiger partial charge in [-0.25, -0.2) is 8.42 Å². The summed E-state index contributed by atoms with van der Waals surface area (Å²) in [4.78, 5) is 10.3. The van der Waals surface area contributed by atoms with Gasteiger partial charge < -0.3 is 5.32 Å². The second-order valence-electron chi connectivity index (χ2n) is 3.83. The highest BCUT2D eigenvalue weighted by atomic mass is 35.5. The highest BCUT2D eigenvalue weighted by Crippen LogP contribution is 2.29. The predicted molar refractivity (Wildman–Crippen MR) is 68.4 cm³/mol. The first-order valence-corrected chi connectivity index (χ1v) is 7.08. The van der Waals surface area contributed by atoms with Gasteiger partial charge in [-0.3, -0.25) is 10.1 Å². The first kappa shape index (κ1) is 12.8. The molecular weight excluding hydrogens is 280 g/mol. The summed E-state index contributed by atoms with van der Waals surface area (Å²) in [6.45, 7) is 0. The van der Waals surface area contributed by atoms with E-state index in [4.69, 9.17) is 11.6 Å². The van der Waals surface area contributed by atoms with E-state index in [2.05, 4.69) is 5.32 Å². The van der Waals surface area contributed by atoms with Crippen molar-refractivity contribution >= 4 is 32.8 Å². The van der Waals surface area contributed by atoms with Crippen molar-refractivity contribution in [2.45, 2.75) is 6.04 Å². The molecule has 0 saturated heterocycles. The molecule has 0 bridgehead atoms. The summed E-state index contributed by atoms with van der Waals surface area (Å²) in [5.74, 6) is -0.104. The molecule has 1 aromatic rings. The summed E-state index contributed by atoms with van der Waals surface area (Å²) >= 11 is 5.68. The molecule has 0 spiro atoms. The van der Waals surface area contributed by atoms with Gasteiger partial charge >= 0.3 is 0 Å². The Morgan fingerprint density at radius 2 is 2.17 bits per heavy atom. The molecule has 0 amide bonds. The number of sulfone groups is 1. The number of benzene rings is 1. The zero-order valence-corrected chi connectivity index (χ0v) is 10.6. The van der Waals surface area contributed by atoms with Crippen molar-refractivity contribution in [3.63, 3.8) is 0 Å². The zero-order valence-electron chi connectivity index (χ0n) is 9.04. The molecule has 1 aliphatic heterocycles. The number of nitrogens with zero attached hydrogens (tertiary/aromatic N) is 1. The Morgan fingerprint density at radius 3 is 2.72 bits per heavy atom. The van der Waals surface area contributed by atoms with E-state index in [0.29, 0.717) is 0 Å². The number of anilines is 1. The van der Waals surface area contributed by atoms with E-state index < -0.39 is 20.8 Å². The molecule has 1 aromatic carbocycles. The van der Waals surface area contributed by atoms with Crippen LogP contribution in [0.1, 0.15) is 0 Å². The first-order chi connectivity index (χ1) is 8.37. The fourth-order valence-electron chi connectivity index (χ4n) is 1.64. The van der Waals surface area contributed by atoms with Gasteiger partial charge in [0.25, 0.3) is 5.69 Å². The number of nitrogens with one attached hydrogen (secondary N) is 1. The highest BCUT2D eigenvalue weighted by Gasteiger charge is 2.24. The average Bonchev–Trinajstić information content (AvgIpc) is 2.60. The van der Waals surface area contributed by atoms with Crippen LogP contribution in [-0.4, -0.2) is 25.1 Å². The van der Waals surface area contributed by atoms with Gasteiger partial charge in [-0.1, -0.05) is 17.7 Å². The quantitative estimate of drug-likeness (QED) is 0.678. The lowest BCUT2D eigenvalue weighted by Crippen LogP contribution is -2.21. The molecule has 2 rings (SSSR count). The minimum atomic E-state index is -3.20. The van der Waals surface area contributed by atoms with Crippen LogP contribution in [0, 0.1) is 10.1 Å². The van der Waals surface area contributed by atoms with Crippen LogP contribution in [0.15, 0.2) is 29.7 Å². The van der Waals surface area contributed by atoms with Gasteiger partial charge in [0.15, 0.2) is 9.84 Å². The Balaban J connectivity index is 2.25. The fourth-order valence-corrected chi connectivity index (χ4v) is 3.04. The number of hydrogen-bond donors (Lipinski definition) is 1. The third-order valence-electron chi connectivity index (χ3n) is 2.43. The standard InChI is InChI=1S/C10H9ClN2O4S/c11-7-1-2-9(10(5-7)13(14)15)12-8-3-4-18(16,17)6-8/h1-5,8,12H,6H2. The molecular formula is C10H9ClN2O4S. The predicted octanol–water partition coefficient (Wildman–Crippen LogP) is 1.97. The van der Waals surface area contributed by atoms with Crippen molar-refractivity contribution in [1.82, 2.24) is 0 Å².